The van der Waals surface area contributed by atoms with Crippen LogP contribution in [0.3, 0.4) is 0 Å². The number of benzene rings is 1. The van der Waals surface area contributed by atoms with E-state index in [1.165, 1.54) is 6.92 Å². The molecule has 1 heterocycles. The van der Waals surface area contributed by atoms with Crippen LogP contribution in [0.4, 0.5) is 5.69 Å². The van der Waals surface area contributed by atoms with E-state index in [4.69, 9.17) is 11.6 Å². The highest BCUT2D eigenvalue weighted by Crippen LogP contribution is 2.18. The maximum atomic E-state index is 11.0. The van der Waals surface area contributed by atoms with Crippen LogP contribution in [-0.2, 0) is 10.7 Å². The molecule has 0 saturated carbocycles. The van der Waals surface area contributed by atoms with Gasteiger partial charge in [-0.05, 0) is 25.1 Å². The van der Waals surface area contributed by atoms with Gasteiger partial charge in [-0.3, -0.25) is 9.36 Å². The summed E-state index contributed by atoms with van der Waals surface area (Å²) in [6.45, 7) is 3.33. The maximum Gasteiger partial charge on any atom is 0.221 e. The lowest BCUT2D eigenvalue weighted by molar-refractivity contribution is -0.114. The number of anilines is 1. The predicted molar refractivity (Wildman–Crippen MR) is 70.0 cm³/mol. The van der Waals surface area contributed by atoms with Crippen LogP contribution in [-0.4, -0.2) is 20.7 Å². The quantitative estimate of drug-likeness (QED) is 0.865. The summed E-state index contributed by atoms with van der Waals surface area (Å²) in [7, 11) is 0. The fraction of sp³-hybridized carbons (Fsp3) is 0.250. The Balaban J connectivity index is 2.44. The summed E-state index contributed by atoms with van der Waals surface area (Å²) >= 11 is 5.83. The Morgan fingerprint density at radius 2 is 2.22 bits per heavy atom. The van der Waals surface area contributed by atoms with Gasteiger partial charge in [0.25, 0.3) is 0 Å². The van der Waals surface area contributed by atoms with Crippen molar-refractivity contribution in [3.8, 4) is 5.69 Å². The van der Waals surface area contributed by atoms with Crippen LogP contribution >= 0.6 is 11.6 Å². The van der Waals surface area contributed by atoms with Crippen LogP contribution in [0.15, 0.2) is 24.3 Å². The lowest BCUT2D eigenvalue weighted by Gasteiger charge is -2.09. The van der Waals surface area contributed by atoms with Gasteiger partial charge in [0.2, 0.25) is 5.91 Å². The number of aromatic nitrogens is 3. The molecule has 94 valence electrons. The molecule has 0 saturated heterocycles. The third-order valence-corrected chi connectivity index (χ3v) is 2.68. The molecular weight excluding hydrogens is 252 g/mol. The highest BCUT2D eigenvalue weighted by atomic mass is 35.5. The normalized spacial score (nSPS) is 10.4. The van der Waals surface area contributed by atoms with Crippen molar-refractivity contribution in [2.75, 3.05) is 5.32 Å². The summed E-state index contributed by atoms with van der Waals surface area (Å²) in [5, 5.41) is 10.7. The van der Waals surface area contributed by atoms with Crippen molar-refractivity contribution in [3.63, 3.8) is 0 Å². The van der Waals surface area contributed by atoms with Gasteiger partial charge >= 0.3 is 0 Å². The van der Waals surface area contributed by atoms with Crippen LogP contribution in [0.25, 0.3) is 5.69 Å². The van der Waals surface area contributed by atoms with E-state index < -0.39 is 0 Å². The van der Waals surface area contributed by atoms with Crippen molar-refractivity contribution < 1.29 is 4.79 Å². The van der Waals surface area contributed by atoms with Crippen molar-refractivity contribution in [1.82, 2.24) is 14.8 Å². The molecule has 1 aromatic heterocycles. The molecule has 2 rings (SSSR count). The largest absolute Gasteiger partial charge is 0.326 e. The minimum absolute atomic E-state index is 0.106. The van der Waals surface area contributed by atoms with Crippen LogP contribution in [0.2, 0.25) is 0 Å². The summed E-state index contributed by atoms with van der Waals surface area (Å²) in [5.41, 5.74) is 1.60. The molecule has 0 spiro atoms. The van der Waals surface area contributed by atoms with E-state index in [1.807, 2.05) is 35.8 Å². The zero-order valence-corrected chi connectivity index (χ0v) is 10.9. The first-order valence-electron chi connectivity index (χ1n) is 5.46. The maximum absolute atomic E-state index is 11.0. The second kappa shape index (κ2) is 5.18. The molecule has 6 heteroatoms. The van der Waals surface area contributed by atoms with E-state index in [2.05, 4.69) is 15.5 Å². The highest BCUT2D eigenvalue weighted by Gasteiger charge is 2.10. The number of hydrogen-bond donors (Lipinski definition) is 1. The van der Waals surface area contributed by atoms with E-state index in [9.17, 15) is 4.79 Å². The molecule has 0 atom stereocenters. The molecule has 1 N–H and O–H groups in total. The molecular formula is C12H13ClN4O. The first-order valence-corrected chi connectivity index (χ1v) is 6.00. The number of alkyl halides is 1. The molecule has 1 amide bonds. The molecule has 0 radical (unpaired) electrons. The summed E-state index contributed by atoms with van der Waals surface area (Å²) in [4.78, 5) is 11.0. The predicted octanol–water partition coefficient (Wildman–Crippen LogP) is 2.27. The van der Waals surface area contributed by atoms with Gasteiger partial charge in [0.05, 0.1) is 11.6 Å². The number of rotatable bonds is 3. The van der Waals surface area contributed by atoms with Crippen LogP contribution in [0, 0.1) is 6.92 Å². The Bertz CT molecular complexity index is 579. The summed E-state index contributed by atoms with van der Waals surface area (Å²) in [5.74, 6) is 1.61. The van der Waals surface area contributed by atoms with Gasteiger partial charge in [-0.15, -0.1) is 21.8 Å². The molecule has 0 fully saturated rings. The van der Waals surface area contributed by atoms with Gasteiger partial charge in [-0.2, -0.15) is 0 Å². The van der Waals surface area contributed by atoms with Crippen LogP contribution in [0.1, 0.15) is 18.6 Å². The molecule has 5 nitrogen and oxygen atoms in total. The summed E-state index contributed by atoms with van der Waals surface area (Å²) in [6, 6.07) is 7.45. The zero-order valence-electron chi connectivity index (χ0n) is 10.1. The highest BCUT2D eigenvalue weighted by molar-refractivity contribution is 6.16. The van der Waals surface area contributed by atoms with Crippen molar-refractivity contribution in [2.45, 2.75) is 19.7 Å². The number of hydrogen-bond acceptors (Lipinski definition) is 3. The average molecular weight is 265 g/mol. The molecule has 0 bridgehead atoms. The van der Waals surface area contributed by atoms with Gasteiger partial charge in [-0.25, -0.2) is 0 Å². The lowest BCUT2D eigenvalue weighted by atomic mass is 10.2. The Morgan fingerprint density at radius 3 is 2.89 bits per heavy atom. The number of carbonyl (C=O) groups excluding carboxylic acids is 1. The van der Waals surface area contributed by atoms with Crippen molar-refractivity contribution >= 4 is 23.2 Å². The van der Waals surface area contributed by atoms with Crippen LogP contribution in [0.5, 0.6) is 0 Å². The summed E-state index contributed by atoms with van der Waals surface area (Å²) in [6.07, 6.45) is 0. The first kappa shape index (κ1) is 12.6. The van der Waals surface area contributed by atoms with E-state index in [-0.39, 0.29) is 11.8 Å². The van der Waals surface area contributed by atoms with Crippen LogP contribution < -0.4 is 5.32 Å². The number of halogens is 1. The standard InChI is InChI=1S/C12H13ClN4O/c1-8-15-16-12(7-13)17(8)11-5-3-4-10(6-11)14-9(2)18/h3-6H,7H2,1-2H3,(H,14,18). The SMILES string of the molecule is CC(=O)Nc1cccc(-n2c(C)nnc2CCl)c1. The first-order chi connectivity index (χ1) is 8.61. The minimum atomic E-state index is -0.106. The van der Waals surface area contributed by atoms with E-state index in [0.29, 0.717) is 5.82 Å². The van der Waals surface area contributed by atoms with Gasteiger partial charge in [-0.1, -0.05) is 6.07 Å². The number of nitrogens with zero attached hydrogens (tertiary/aromatic N) is 3. The Morgan fingerprint density at radius 1 is 1.44 bits per heavy atom. The number of aryl methyl sites for hydroxylation is 1. The minimum Gasteiger partial charge on any atom is -0.326 e. The fourth-order valence-electron chi connectivity index (χ4n) is 1.75. The number of carbonyl (C=O) groups is 1. The van der Waals surface area contributed by atoms with Gasteiger partial charge in [0, 0.05) is 12.6 Å². The molecule has 0 aliphatic heterocycles. The van der Waals surface area contributed by atoms with E-state index >= 15 is 0 Å². The monoisotopic (exact) mass is 264 g/mol. The molecule has 18 heavy (non-hydrogen) atoms. The molecule has 0 aliphatic carbocycles. The van der Waals surface area contributed by atoms with Gasteiger partial charge < -0.3 is 5.32 Å². The number of amides is 1. The fourth-order valence-corrected chi connectivity index (χ4v) is 1.93. The third kappa shape index (κ3) is 2.51. The Hall–Kier alpha value is -1.88. The molecule has 0 unspecified atom stereocenters. The topological polar surface area (TPSA) is 59.8 Å². The van der Waals surface area contributed by atoms with Gasteiger partial charge in [0.15, 0.2) is 5.82 Å². The van der Waals surface area contributed by atoms with E-state index in [1.54, 1.807) is 0 Å². The lowest BCUT2D eigenvalue weighted by Crippen LogP contribution is -2.07. The third-order valence-electron chi connectivity index (χ3n) is 2.44. The molecule has 2 aromatic rings. The van der Waals surface area contributed by atoms with Crippen molar-refractivity contribution in [2.24, 2.45) is 0 Å². The van der Waals surface area contributed by atoms with Crippen molar-refractivity contribution in [1.29, 1.82) is 0 Å². The summed E-state index contributed by atoms with van der Waals surface area (Å²) < 4.78 is 1.86. The Labute approximate surface area is 110 Å². The smallest absolute Gasteiger partial charge is 0.221 e. The van der Waals surface area contributed by atoms with Crippen molar-refractivity contribution in [3.05, 3.63) is 35.9 Å². The van der Waals surface area contributed by atoms with E-state index in [0.717, 1.165) is 17.2 Å². The number of nitrogens with one attached hydrogen (secondary N) is 1. The second-order valence-corrected chi connectivity index (χ2v) is 4.13. The average Bonchev–Trinajstić information content (AvgIpc) is 2.70. The second-order valence-electron chi connectivity index (χ2n) is 3.86. The Kier molecular flexibility index (Phi) is 3.62. The molecule has 0 aliphatic rings. The molecule has 1 aromatic carbocycles. The van der Waals surface area contributed by atoms with Gasteiger partial charge in [0.1, 0.15) is 5.82 Å². The zero-order chi connectivity index (χ0) is 13.1.